The Morgan fingerprint density at radius 1 is 1.50 bits per heavy atom. The number of para-hydroxylation sites is 1. The molecule has 20 heavy (non-hydrogen) atoms. The molecule has 0 spiro atoms. The number of nitrogens with zero attached hydrogens (tertiary/aromatic N) is 1. The van der Waals surface area contributed by atoms with Crippen molar-refractivity contribution in [3.8, 4) is 5.75 Å². The Morgan fingerprint density at radius 2 is 2.25 bits per heavy atom. The molecule has 2 atom stereocenters. The number of amides is 1. The van der Waals surface area contributed by atoms with Gasteiger partial charge in [0.15, 0.2) is 6.10 Å². The van der Waals surface area contributed by atoms with E-state index in [1.807, 2.05) is 24.0 Å². The summed E-state index contributed by atoms with van der Waals surface area (Å²) in [6.45, 7) is 5.83. The summed E-state index contributed by atoms with van der Waals surface area (Å²) in [6, 6.07) is 7.29. The monoisotopic (exact) mass is 295 g/mol. The van der Waals surface area contributed by atoms with E-state index >= 15 is 0 Å². The second kappa shape index (κ2) is 6.98. The van der Waals surface area contributed by atoms with Crippen LogP contribution in [0.2, 0.25) is 5.02 Å². The Labute approximate surface area is 125 Å². The van der Waals surface area contributed by atoms with Crippen LogP contribution in [-0.4, -0.2) is 30.0 Å². The molecular weight excluding hydrogens is 274 g/mol. The summed E-state index contributed by atoms with van der Waals surface area (Å²) in [5.41, 5.74) is 0. The lowest BCUT2D eigenvalue weighted by atomic mass is 9.99. The van der Waals surface area contributed by atoms with Crippen molar-refractivity contribution in [3.05, 3.63) is 29.3 Å². The number of carbonyl (C=O) groups is 1. The molecule has 3 nitrogen and oxygen atoms in total. The van der Waals surface area contributed by atoms with E-state index in [0.717, 1.165) is 19.5 Å². The van der Waals surface area contributed by atoms with Crippen LogP contribution in [0.15, 0.2) is 24.3 Å². The van der Waals surface area contributed by atoms with Crippen LogP contribution in [0, 0.1) is 5.92 Å². The maximum Gasteiger partial charge on any atom is 0.263 e. The van der Waals surface area contributed by atoms with Gasteiger partial charge in [0, 0.05) is 13.1 Å². The number of carbonyl (C=O) groups excluding carboxylic acids is 1. The highest BCUT2D eigenvalue weighted by molar-refractivity contribution is 6.32. The van der Waals surface area contributed by atoms with Gasteiger partial charge in [-0.15, -0.1) is 0 Å². The summed E-state index contributed by atoms with van der Waals surface area (Å²) < 4.78 is 5.82. The largest absolute Gasteiger partial charge is 0.479 e. The molecule has 1 aromatic carbocycles. The second-order valence-corrected chi connectivity index (χ2v) is 5.88. The van der Waals surface area contributed by atoms with Crippen molar-refractivity contribution < 1.29 is 9.53 Å². The van der Waals surface area contributed by atoms with Gasteiger partial charge in [-0.2, -0.15) is 0 Å². The van der Waals surface area contributed by atoms with E-state index in [0.29, 0.717) is 23.1 Å². The lowest BCUT2D eigenvalue weighted by Crippen LogP contribution is -2.46. The number of halogens is 1. The Balaban J connectivity index is 2.04. The van der Waals surface area contributed by atoms with Gasteiger partial charge in [0.25, 0.3) is 5.91 Å². The number of benzene rings is 1. The van der Waals surface area contributed by atoms with Gasteiger partial charge in [-0.25, -0.2) is 0 Å². The van der Waals surface area contributed by atoms with E-state index in [4.69, 9.17) is 16.3 Å². The van der Waals surface area contributed by atoms with Crippen LogP contribution in [0.1, 0.15) is 33.1 Å². The Hall–Kier alpha value is -1.22. The van der Waals surface area contributed by atoms with Crippen LogP contribution in [0.25, 0.3) is 0 Å². The van der Waals surface area contributed by atoms with Crippen LogP contribution in [0.5, 0.6) is 5.75 Å². The molecule has 110 valence electrons. The van der Waals surface area contributed by atoms with E-state index in [1.165, 1.54) is 6.42 Å². The Bertz CT molecular complexity index is 464. The summed E-state index contributed by atoms with van der Waals surface area (Å²) in [7, 11) is 0. The molecule has 1 saturated heterocycles. The standard InChI is InChI=1S/C16H22ClNO2/c1-3-14(20-15-9-5-4-8-13(15)17)16(19)18-10-6-7-12(2)11-18/h4-5,8-9,12,14H,3,6-7,10-11H2,1-2H3/t12-,14-/m0/s1. The highest BCUT2D eigenvalue weighted by Crippen LogP contribution is 2.26. The maximum absolute atomic E-state index is 12.5. The fourth-order valence-corrected chi connectivity index (χ4v) is 2.78. The predicted octanol–water partition coefficient (Wildman–Crippen LogP) is 3.76. The minimum Gasteiger partial charge on any atom is -0.479 e. The number of hydrogen-bond donors (Lipinski definition) is 0. The van der Waals surface area contributed by atoms with Crippen molar-refractivity contribution in [2.24, 2.45) is 5.92 Å². The van der Waals surface area contributed by atoms with Gasteiger partial charge in [0.2, 0.25) is 0 Å². The highest BCUT2D eigenvalue weighted by atomic mass is 35.5. The molecule has 0 aliphatic carbocycles. The summed E-state index contributed by atoms with van der Waals surface area (Å²) >= 11 is 6.09. The van der Waals surface area contributed by atoms with Gasteiger partial charge >= 0.3 is 0 Å². The fraction of sp³-hybridized carbons (Fsp3) is 0.562. The number of likely N-dealkylation sites (tertiary alicyclic amines) is 1. The lowest BCUT2D eigenvalue weighted by Gasteiger charge is -2.33. The quantitative estimate of drug-likeness (QED) is 0.846. The summed E-state index contributed by atoms with van der Waals surface area (Å²) in [6.07, 6.45) is 2.48. The molecule has 1 aromatic rings. The molecule has 1 aliphatic heterocycles. The number of piperidine rings is 1. The minimum absolute atomic E-state index is 0.0824. The van der Waals surface area contributed by atoms with Crippen LogP contribution in [-0.2, 0) is 4.79 Å². The maximum atomic E-state index is 12.5. The van der Waals surface area contributed by atoms with Gasteiger partial charge in [-0.05, 0) is 37.3 Å². The molecule has 0 bridgehead atoms. The van der Waals surface area contributed by atoms with Gasteiger partial charge in [-0.3, -0.25) is 4.79 Å². The van der Waals surface area contributed by atoms with Crippen molar-refractivity contribution in [2.45, 2.75) is 39.2 Å². The molecule has 0 saturated carbocycles. The Morgan fingerprint density at radius 3 is 2.90 bits per heavy atom. The van der Waals surface area contributed by atoms with Gasteiger partial charge < -0.3 is 9.64 Å². The smallest absolute Gasteiger partial charge is 0.263 e. The molecule has 0 aromatic heterocycles. The Kier molecular flexibility index (Phi) is 5.30. The van der Waals surface area contributed by atoms with Crippen LogP contribution in [0.4, 0.5) is 0 Å². The zero-order valence-electron chi connectivity index (χ0n) is 12.1. The molecule has 0 N–H and O–H groups in total. The minimum atomic E-state index is -0.444. The third kappa shape index (κ3) is 3.66. The predicted molar refractivity (Wildman–Crippen MR) is 81.1 cm³/mol. The molecule has 2 rings (SSSR count). The topological polar surface area (TPSA) is 29.5 Å². The summed E-state index contributed by atoms with van der Waals surface area (Å²) in [4.78, 5) is 14.5. The van der Waals surface area contributed by atoms with Crippen LogP contribution < -0.4 is 4.74 Å². The number of hydrogen-bond acceptors (Lipinski definition) is 2. The normalized spacial score (nSPS) is 20.6. The van der Waals surface area contributed by atoms with E-state index in [-0.39, 0.29) is 5.91 Å². The highest BCUT2D eigenvalue weighted by Gasteiger charge is 2.28. The SMILES string of the molecule is CC[C@H](Oc1ccccc1Cl)C(=O)N1CCC[C@H](C)C1. The van der Waals surface area contributed by atoms with Crippen molar-refractivity contribution in [1.82, 2.24) is 4.90 Å². The van der Waals surface area contributed by atoms with Crippen molar-refractivity contribution in [3.63, 3.8) is 0 Å². The first-order valence-electron chi connectivity index (χ1n) is 7.31. The van der Waals surface area contributed by atoms with E-state index in [9.17, 15) is 4.79 Å². The molecular formula is C16H22ClNO2. The van der Waals surface area contributed by atoms with E-state index < -0.39 is 6.10 Å². The van der Waals surface area contributed by atoms with E-state index in [1.54, 1.807) is 12.1 Å². The van der Waals surface area contributed by atoms with Crippen LogP contribution in [0.3, 0.4) is 0 Å². The third-order valence-corrected chi connectivity index (χ3v) is 4.03. The first-order valence-corrected chi connectivity index (χ1v) is 7.69. The van der Waals surface area contributed by atoms with Gasteiger partial charge in [0.1, 0.15) is 5.75 Å². The fourth-order valence-electron chi connectivity index (χ4n) is 2.60. The average molecular weight is 296 g/mol. The molecule has 1 aliphatic rings. The molecule has 0 unspecified atom stereocenters. The lowest BCUT2D eigenvalue weighted by molar-refractivity contribution is -0.140. The zero-order valence-corrected chi connectivity index (χ0v) is 12.9. The zero-order chi connectivity index (χ0) is 14.5. The van der Waals surface area contributed by atoms with Gasteiger partial charge in [0.05, 0.1) is 5.02 Å². The summed E-state index contributed by atoms with van der Waals surface area (Å²) in [5, 5.41) is 0.547. The van der Waals surface area contributed by atoms with Crippen LogP contribution >= 0.6 is 11.6 Å². The second-order valence-electron chi connectivity index (χ2n) is 5.48. The first-order chi connectivity index (χ1) is 9.61. The number of rotatable bonds is 4. The van der Waals surface area contributed by atoms with Crippen molar-refractivity contribution >= 4 is 17.5 Å². The average Bonchev–Trinajstić information content (AvgIpc) is 2.46. The third-order valence-electron chi connectivity index (χ3n) is 3.72. The molecule has 4 heteroatoms. The van der Waals surface area contributed by atoms with Crippen molar-refractivity contribution in [1.29, 1.82) is 0 Å². The summed E-state index contributed by atoms with van der Waals surface area (Å²) in [5.74, 6) is 1.24. The number of ether oxygens (including phenoxy) is 1. The first kappa shape index (κ1) is 15.2. The van der Waals surface area contributed by atoms with Gasteiger partial charge in [-0.1, -0.05) is 37.6 Å². The molecule has 1 amide bonds. The molecule has 1 heterocycles. The molecule has 1 fully saturated rings. The molecule has 0 radical (unpaired) electrons. The van der Waals surface area contributed by atoms with Crippen molar-refractivity contribution in [2.75, 3.05) is 13.1 Å². The van der Waals surface area contributed by atoms with E-state index in [2.05, 4.69) is 6.92 Å².